The Morgan fingerprint density at radius 1 is 2.00 bits per heavy atom. The number of allylic oxidation sites excluding steroid dienone is 1. The van der Waals surface area contributed by atoms with E-state index in [9.17, 15) is 0 Å². The normalized spacial score (nSPS) is 6.50. The molecule has 0 spiro atoms. The summed E-state index contributed by atoms with van der Waals surface area (Å²) >= 11 is 1.44. The molecule has 0 atom stereocenters. The summed E-state index contributed by atoms with van der Waals surface area (Å²) in [6.45, 7) is 5.61. The third-order valence-corrected chi connectivity index (χ3v) is 0. The number of hydrogen-bond donors (Lipinski definition) is 0. The van der Waals surface area contributed by atoms with Gasteiger partial charge in [0.2, 0.25) is 0 Å². The van der Waals surface area contributed by atoms with E-state index in [1.807, 2.05) is 6.92 Å². The predicted molar refractivity (Wildman–Crippen MR) is 20.6 cm³/mol. The van der Waals surface area contributed by atoms with Gasteiger partial charge in [0, 0.05) is 0 Å². The van der Waals surface area contributed by atoms with E-state index < -0.39 is 0 Å². The summed E-state index contributed by atoms with van der Waals surface area (Å²) in [6, 6.07) is 0. The van der Waals surface area contributed by atoms with E-state index >= 15 is 0 Å². The molecule has 0 aliphatic carbocycles. The van der Waals surface area contributed by atoms with Crippen LogP contribution in [-0.4, -0.2) is 22.5 Å². The van der Waals surface area contributed by atoms with Crippen LogP contribution in [0.1, 0.15) is 6.92 Å². The summed E-state index contributed by atoms with van der Waals surface area (Å²) < 4.78 is 1.26. The van der Waals surface area contributed by atoms with Crippen molar-refractivity contribution < 1.29 is 0 Å². The summed E-state index contributed by atoms with van der Waals surface area (Å²) in [5.41, 5.74) is 0. The molecule has 0 rings (SSSR count). The van der Waals surface area contributed by atoms with Crippen molar-refractivity contribution in [3.8, 4) is 0 Å². The van der Waals surface area contributed by atoms with E-state index in [0.29, 0.717) is 0 Å². The molecule has 0 heterocycles. The van der Waals surface area contributed by atoms with Crippen LogP contribution in [-0.2, 0) is 0 Å². The second-order valence-corrected chi connectivity index (χ2v) is 3.22. The SMILES string of the molecule is C=[C](C)[Sn]. The maximum absolute atomic E-state index is 3.60. The monoisotopic (exact) mass is 161 g/mol. The molecule has 0 unspecified atom stereocenters. The molecule has 0 aromatic rings. The third kappa shape index (κ3) is 20.7. The second kappa shape index (κ2) is 1.82. The average molecular weight is 160 g/mol. The van der Waals surface area contributed by atoms with Gasteiger partial charge in [-0.25, -0.2) is 0 Å². The quantitative estimate of drug-likeness (QED) is 0.457. The van der Waals surface area contributed by atoms with Gasteiger partial charge in [0.15, 0.2) is 0 Å². The van der Waals surface area contributed by atoms with Crippen molar-refractivity contribution in [3.05, 3.63) is 10.2 Å². The topological polar surface area (TPSA) is 0 Å². The van der Waals surface area contributed by atoms with Gasteiger partial charge in [-0.1, -0.05) is 0 Å². The summed E-state index contributed by atoms with van der Waals surface area (Å²) in [5.74, 6) is 0. The summed E-state index contributed by atoms with van der Waals surface area (Å²) in [6.07, 6.45) is 0. The zero-order valence-corrected chi connectivity index (χ0v) is 5.56. The van der Waals surface area contributed by atoms with Crippen LogP contribution in [0.2, 0.25) is 0 Å². The van der Waals surface area contributed by atoms with Gasteiger partial charge in [0.1, 0.15) is 0 Å². The van der Waals surface area contributed by atoms with E-state index in [0.717, 1.165) is 0 Å². The predicted octanol–water partition coefficient (Wildman–Crippen LogP) is 0.688. The first-order valence-corrected chi connectivity index (χ1v) is 2.53. The maximum atomic E-state index is 3.60. The number of rotatable bonds is 0. The Labute approximate surface area is 40.0 Å². The Hall–Kier alpha value is 0.539. The van der Waals surface area contributed by atoms with Crippen molar-refractivity contribution in [3.63, 3.8) is 0 Å². The Morgan fingerprint density at radius 3 is 2.00 bits per heavy atom. The molecule has 0 amide bonds. The summed E-state index contributed by atoms with van der Waals surface area (Å²) in [5, 5.41) is 0. The van der Waals surface area contributed by atoms with Crippen molar-refractivity contribution in [2.75, 3.05) is 0 Å². The van der Waals surface area contributed by atoms with Gasteiger partial charge >= 0.3 is 39.6 Å². The van der Waals surface area contributed by atoms with Crippen LogP contribution in [0, 0.1) is 0 Å². The molecule has 0 aromatic heterocycles. The fraction of sp³-hybridized carbons (Fsp3) is 0.333. The van der Waals surface area contributed by atoms with Crippen LogP contribution < -0.4 is 0 Å². The van der Waals surface area contributed by atoms with E-state index in [1.165, 1.54) is 26.1 Å². The first kappa shape index (κ1) is 4.54. The van der Waals surface area contributed by atoms with Crippen LogP contribution in [0.25, 0.3) is 0 Å². The minimum atomic E-state index is 1.26. The number of hydrogen-bond acceptors (Lipinski definition) is 0. The van der Waals surface area contributed by atoms with Crippen LogP contribution in [0.4, 0.5) is 0 Å². The Balaban J connectivity index is 2.80. The van der Waals surface area contributed by atoms with Crippen molar-refractivity contribution >= 4 is 22.5 Å². The fourth-order valence-corrected chi connectivity index (χ4v) is 0. The second-order valence-electron chi connectivity index (χ2n) is 0.780. The molecule has 21 valence electrons. The van der Waals surface area contributed by atoms with Crippen LogP contribution >= 0.6 is 0 Å². The molecule has 1 heteroatoms. The van der Waals surface area contributed by atoms with Gasteiger partial charge in [-0.15, -0.1) is 0 Å². The summed E-state index contributed by atoms with van der Waals surface area (Å²) in [7, 11) is 0. The molecule has 4 heavy (non-hydrogen) atoms. The molecule has 0 saturated carbocycles. The van der Waals surface area contributed by atoms with Gasteiger partial charge in [0.05, 0.1) is 0 Å². The first-order chi connectivity index (χ1) is 1.73. The molecule has 0 aliphatic heterocycles. The van der Waals surface area contributed by atoms with Crippen molar-refractivity contribution in [1.29, 1.82) is 0 Å². The van der Waals surface area contributed by atoms with Crippen LogP contribution in [0.5, 0.6) is 0 Å². The average Bonchev–Trinajstić information content (AvgIpc) is 0.811. The third-order valence-electron chi connectivity index (χ3n) is 0. The minimum absolute atomic E-state index is 1.26. The van der Waals surface area contributed by atoms with E-state index in [4.69, 9.17) is 0 Å². The Kier molecular flexibility index (Phi) is 2.07. The van der Waals surface area contributed by atoms with Gasteiger partial charge in [-0.3, -0.25) is 0 Å². The van der Waals surface area contributed by atoms with Crippen LogP contribution in [0.3, 0.4) is 0 Å². The van der Waals surface area contributed by atoms with Gasteiger partial charge in [-0.2, -0.15) is 0 Å². The van der Waals surface area contributed by atoms with E-state index in [1.54, 1.807) is 0 Å². The zero-order chi connectivity index (χ0) is 3.58. The van der Waals surface area contributed by atoms with Crippen molar-refractivity contribution in [2.24, 2.45) is 0 Å². The summed E-state index contributed by atoms with van der Waals surface area (Å²) in [4.78, 5) is 0. The molecule has 0 bridgehead atoms. The van der Waals surface area contributed by atoms with E-state index in [-0.39, 0.29) is 0 Å². The Morgan fingerprint density at radius 2 is 2.00 bits per heavy atom. The van der Waals surface area contributed by atoms with E-state index in [2.05, 4.69) is 6.58 Å². The molecule has 0 nitrogen and oxygen atoms in total. The first-order valence-electron chi connectivity index (χ1n) is 1.10. The van der Waals surface area contributed by atoms with Crippen molar-refractivity contribution in [2.45, 2.75) is 6.92 Å². The fourth-order valence-electron chi connectivity index (χ4n) is 0. The molecule has 0 N–H and O–H groups in total. The molecule has 0 aromatic carbocycles. The van der Waals surface area contributed by atoms with Crippen LogP contribution in [0.15, 0.2) is 10.2 Å². The molecule has 0 aliphatic rings. The molecular formula is C3H5Sn. The Bertz CT molecular complexity index is 26.3. The van der Waals surface area contributed by atoms with Gasteiger partial charge in [0.25, 0.3) is 0 Å². The van der Waals surface area contributed by atoms with Gasteiger partial charge < -0.3 is 0 Å². The molecule has 0 saturated heterocycles. The molecule has 3 radical (unpaired) electrons. The zero-order valence-electron chi connectivity index (χ0n) is 2.71. The van der Waals surface area contributed by atoms with Crippen molar-refractivity contribution in [1.82, 2.24) is 0 Å². The standard InChI is InChI=1S/C3H5.Sn/c1-3-2;/h1H2,2H3;. The van der Waals surface area contributed by atoms with Gasteiger partial charge in [-0.05, 0) is 0 Å². The molecule has 0 fully saturated rings. The molecular weight excluding hydrogens is 155 g/mol.